The first-order valence-electron chi connectivity index (χ1n) is 5.76. The van der Waals surface area contributed by atoms with Crippen LogP contribution in [0.25, 0.3) is 16.8 Å². The predicted octanol–water partition coefficient (Wildman–Crippen LogP) is 1.84. The molecule has 0 saturated heterocycles. The number of pyridine rings is 1. The maximum Gasteiger partial charge on any atom is 0.237 e. The standard InChI is InChI=1S/C13H12N4OS/c1-9-6-11(10-4-3-5-14-7-10)17-12(9)8-15-13(16-17)19(2)18/h3-8H,1-2H3. The van der Waals surface area contributed by atoms with E-state index in [1.165, 1.54) is 0 Å². The van der Waals surface area contributed by atoms with Crippen LogP contribution in [0.4, 0.5) is 0 Å². The van der Waals surface area contributed by atoms with Crippen LogP contribution in [-0.2, 0) is 10.8 Å². The van der Waals surface area contributed by atoms with Crippen molar-refractivity contribution in [2.24, 2.45) is 0 Å². The van der Waals surface area contributed by atoms with Crippen LogP contribution in [0.15, 0.2) is 41.9 Å². The Kier molecular flexibility index (Phi) is 2.87. The van der Waals surface area contributed by atoms with Gasteiger partial charge >= 0.3 is 0 Å². The summed E-state index contributed by atoms with van der Waals surface area (Å²) in [7, 11) is -1.20. The largest absolute Gasteiger partial charge is 0.264 e. The van der Waals surface area contributed by atoms with Crippen molar-refractivity contribution in [3.63, 3.8) is 0 Å². The molecule has 96 valence electrons. The number of nitrogens with zero attached hydrogens (tertiary/aromatic N) is 4. The second-order valence-corrected chi connectivity index (χ2v) is 5.52. The van der Waals surface area contributed by atoms with Crippen LogP contribution in [0.2, 0.25) is 0 Å². The molecule has 1 unspecified atom stereocenters. The van der Waals surface area contributed by atoms with Crippen LogP contribution in [0, 0.1) is 6.92 Å². The van der Waals surface area contributed by atoms with E-state index < -0.39 is 10.8 Å². The van der Waals surface area contributed by atoms with Gasteiger partial charge < -0.3 is 0 Å². The summed E-state index contributed by atoms with van der Waals surface area (Å²) in [6, 6.07) is 5.88. The number of hydrogen-bond acceptors (Lipinski definition) is 4. The smallest absolute Gasteiger partial charge is 0.237 e. The fraction of sp³-hybridized carbons (Fsp3) is 0.154. The van der Waals surface area contributed by atoms with Crippen LogP contribution in [-0.4, -0.2) is 30.0 Å². The van der Waals surface area contributed by atoms with E-state index in [0.717, 1.165) is 22.3 Å². The summed E-state index contributed by atoms with van der Waals surface area (Å²) in [6.45, 7) is 2.00. The maximum absolute atomic E-state index is 11.5. The van der Waals surface area contributed by atoms with E-state index in [2.05, 4.69) is 15.1 Å². The molecule has 3 aromatic heterocycles. The average molecular weight is 272 g/mol. The number of rotatable bonds is 2. The Morgan fingerprint density at radius 2 is 2.16 bits per heavy atom. The van der Waals surface area contributed by atoms with Gasteiger partial charge in [-0.3, -0.25) is 9.19 Å². The highest BCUT2D eigenvalue weighted by molar-refractivity contribution is 7.84. The second-order valence-electron chi connectivity index (χ2n) is 4.25. The van der Waals surface area contributed by atoms with Crippen molar-refractivity contribution < 1.29 is 4.21 Å². The molecule has 0 aromatic carbocycles. The predicted molar refractivity (Wildman–Crippen MR) is 73.3 cm³/mol. The van der Waals surface area contributed by atoms with Gasteiger partial charge in [-0.15, -0.1) is 5.10 Å². The molecule has 3 aromatic rings. The van der Waals surface area contributed by atoms with Crippen LogP contribution < -0.4 is 0 Å². The van der Waals surface area contributed by atoms with Gasteiger partial charge in [0.2, 0.25) is 5.16 Å². The summed E-state index contributed by atoms with van der Waals surface area (Å²) in [6.07, 6.45) is 6.79. The molecule has 0 aliphatic heterocycles. The summed E-state index contributed by atoms with van der Waals surface area (Å²) >= 11 is 0. The number of aromatic nitrogens is 4. The normalized spacial score (nSPS) is 12.7. The lowest BCUT2D eigenvalue weighted by atomic mass is 10.2. The molecule has 0 bridgehead atoms. The van der Waals surface area contributed by atoms with Gasteiger partial charge in [0.15, 0.2) is 0 Å². The van der Waals surface area contributed by atoms with Gasteiger partial charge in [-0.1, -0.05) is 0 Å². The van der Waals surface area contributed by atoms with Gasteiger partial charge in [0.1, 0.15) is 0 Å². The van der Waals surface area contributed by atoms with Crippen LogP contribution >= 0.6 is 0 Å². The van der Waals surface area contributed by atoms with Crippen LogP contribution in [0.3, 0.4) is 0 Å². The Balaban J connectivity index is 2.30. The molecular weight excluding hydrogens is 260 g/mol. The maximum atomic E-state index is 11.5. The van der Waals surface area contributed by atoms with Gasteiger partial charge in [-0.05, 0) is 30.7 Å². The summed E-state index contributed by atoms with van der Waals surface area (Å²) in [5.74, 6) is 0. The molecular formula is C13H12N4OS. The van der Waals surface area contributed by atoms with Gasteiger partial charge in [0.25, 0.3) is 0 Å². The lowest BCUT2D eigenvalue weighted by Crippen LogP contribution is -2.03. The van der Waals surface area contributed by atoms with E-state index in [-0.39, 0.29) is 0 Å². The summed E-state index contributed by atoms with van der Waals surface area (Å²) in [5.41, 5.74) is 3.88. The highest BCUT2D eigenvalue weighted by Crippen LogP contribution is 2.24. The fourth-order valence-electron chi connectivity index (χ4n) is 1.98. The number of aryl methyl sites for hydroxylation is 1. The molecule has 19 heavy (non-hydrogen) atoms. The number of hydrogen-bond donors (Lipinski definition) is 0. The molecule has 0 saturated carbocycles. The Labute approximate surface area is 112 Å². The Morgan fingerprint density at radius 1 is 1.32 bits per heavy atom. The van der Waals surface area contributed by atoms with Gasteiger partial charge in [-0.2, -0.15) is 0 Å². The molecule has 3 rings (SSSR count). The van der Waals surface area contributed by atoms with Crippen molar-refractivity contribution in [3.05, 3.63) is 42.4 Å². The molecule has 3 heterocycles. The topological polar surface area (TPSA) is 60.2 Å². The molecule has 0 aliphatic rings. The average Bonchev–Trinajstić information content (AvgIpc) is 2.77. The third-order valence-electron chi connectivity index (χ3n) is 2.91. The monoisotopic (exact) mass is 272 g/mol. The van der Waals surface area contributed by atoms with Crippen LogP contribution in [0.5, 0.6) is 0 Å². The lowest BCUT2D eigenvalue weighted by molar-refractivity contribution is 0.672. The first-order chi connectivity index (χ1) is 9.16. The number of fused-ring (bicyclic) bond motifs is 1. The van der Waals surface area contributed by atoms with Crippen molar-refractivity contribution >= 4 is 16.3 Å². The minimum Gasteiger partial charge on any atom is -0.264 e. The van der Waals surface area contributed by atoms with E-state index in [0.29, 0.717) is 5.16 Å². The van der Waals surface area contributed by atoms with Crippen LogP contribution in [0.1, 0.15) is 5.56 Å². The summed E-state index contributed by atoms with van der Waals surface area (Å²) in [4.78, 5) is 8.24. The van der Waals surface area contributed by atoms with E-state index in [1.807, 2.05) is 25.1 Å². The molecule has 0 spiro atoms. The Morgan fingerprint density at radius 3 is 2.84 bits per heavy atom. The highest BCUT2D eigenvalue weighted by atomic mass is 32.2. The minimum atomic E-state index is -1.20. The third kappa shape index (κ3) is 2.04. The van der Waals surface area contributed by atoms with Crippen molar-refractivity contribution in [1.29, 1.82) is 0 Å². The van der Waals surface area contributed by atoms with Crippen molar-refractivity contribution in [2.75, 3.05) is 6.26 Å². The molecule has 6 heteroatoms. The quantitative estimate of drug-likeness (QED) is 0.714. The van der Waals surface area contributed by atoms with Gasteiger partial charge in [0.05, 0.1) is 28.2 Å². The zero-order chi connectivity index (χ0) is 13.4. The molecule has 0 N–H and O–H groups in total. The SMILES string of the molecule is Cc1cc(-c2cccnc2)n2nc(S(C)=O)ncc12. The lowest BCUT2D eigenvalue weighted by Gasteiger charge is -2.02. The van der Waals surface area contributed by atoms with Crippen molar-refractivity contribution in [1.82, 2.24) is 19.6 Å². The summed E-state index contributed by atoms with van der Waals surface area (Å²) < 4.78 is 13.3. The van der Waals surface area contributed by atoms with Gasteiger partial charge in [-0.25, -0.2) is 9.50 Å². The zero-order valence-electron chi connectivity index (χ0n) is 10.6. The van der Waals surface area contributed by atoms with E-state index in [9.17, 15) is 4.21 Å². The Hall–Kier alpha value is -2.08. The fourth-order valence-corrected chi connectivity index (χ4v) is 2.38. The van der Waals surface area contributed by atoms with E-state index in [4.69, 9.17) is 0 Å². The first kappa shape index (κ1) is 12.0. The van der Waals surface area contributed by atoms with Crippen molar-refractivity contribution in [2.45, 2.75) is 12.1 Å². The van der Waals surface area contributed by atoms with Gasteiger partial charge in [0, 0.05) is 24.2 Å². The first-order valence-corrected chi connectivity index (χ1v) is 7.32. The molecule has 0 amide bonds. The molecule has 1 atom stereocenters. The molecule has 5 nitrogen and oxygen atoms in total. The minimum absolute atomic E-state index is 0.327. The Bertz CT molecular complexity index is 767. The van der Waals surface area contributed by atoms with E-state index in [1.54, 1.807) is 29.4 Å². The zero-order valence-corrected chi connectivity index (χ0v) is 11.4. The van der Waals surface area contributed by atoms with E-state index >= 15 is 0 Å². The second kappa shape index (κ2) is 4.55. The molecule has 0 radical (unpaired) electrons. The highest BCUT2D eigenvalue weighted by Gasteiger charge is 2.12. The molecule has 0 aliphatic carbocycles. The molecule has 0 fully saturated rings. The third-order valence-corrected chi connectivity index (χ3v) is 3.61. The summed E-state index contributed by atoms with van der Waals surface area (Å²) in [5, 5.41) is 4.68. The van der Waals surface area contributed by atoms with Crippen molar-refractivity contribution in [3.8, 4) is 11.3 Å².